The Kier molecular flexibility index (Phi) is 3.50. The number of rotatable bonds is 2. The Morgan fingerprint density at radius 2 is 2.11 bits per heavy atom. The molecule has 18 heavy (non-hydrogen) atoms. The molecule has 0 bridgehead atoms. The van der Waals surface area contributed by atoms with Crippen LogP contribution in [-0.2, 0) is 0 Å². The molecule has 2 amide bonds. The van der Waals surface area contributed by atoms with Crippen LogP contribution in [0.25, 0.3) is 0 Å². The summed E-state index contributed by atoms with van der Waals surface area (Å²) in [6.07, 6.45) is 1.99. The highest BCUT2D eigenvalue weighted by molar-refractivity contribution is 6.00. The van der Waals surface area contributed by atoms with Crippen LogP contribution in [-0.4, -0.2) is 34.6 Å². The van der Waals surface area contributed by atoms with E-state index in [0.717, 1.165) is 19.4 Å². The predicted molar refractivity (Wildman–Crippen MR) is 67.8 cm³/mol. The second kappa shape index (κ2) is 5.08. The van der Waals surface area contributed by atoms with Crippen LogP contribution in [0.5, 0.6) is 0 Å². The maximum atomic E-state index is 12.0. The number of anilines is 1. The Balaban J connectivity index is 2.14. The van der Waals surface area contributed by atoms with Crippen molar-refractivity contribution in [2.75, 3.05) is 11.9 Å². The van der Waals surface area contributed by atoms with E-state index >= 15 is 0 Å². The van der Waals surface area contributed by atoms with Crippen molar-refractivity contribution in [3.8, 4) is 0 Å². The molecule has 0 spiro atoms. The number of hydrogen-bond acceptors (Lipinski definition) is 2. The number of para-hydroxylation sites is 1. The van der Waals surface area contributed by atoms with Gasteiger partial charge in [0.05, 0.1) is 11.3 Å². The second-order valence-electron chi connectivity index (χ2n) is 4.47. The van der Waals surface area contributed by atoms with Gasteiger partial charge in [-0.15, -0.1) is 0 Å². The molecule has 0 radical (unpaired) electrons. The standard InChI is InChI=1S/C13H16N2O3/c1-9-5-4-8-15(9)13(18)14-11-7-3-2-6-10(11)12(16)17/h2-3,6-7,9H,4-5,8H2,1H3,(H,14,18)(H,16,17). The summed E-state index contributed by atoms with van der Waals surface area (Å²) >= 11 is 0. The largest absolute Gasteiger partial charge is 0.478 e. The molecular weight excluding hydrogens is 232 g/mol. The van der Waals surface area contributed by atoms with Gasteiger partial charge in [-0.2, -0.15) is 0 Å². The van der Waals surface area contributed by atoms with Gasteiger partial charge in [0, 0.05) is 12.6 Å². The Morgan fingerprint density at radius 3 is 2.72 bits per heavy atom. The molecule has 2 rings (SSSR count). The molecule has 1 aliphatic heterocycles. The van der Waals surface area contributed by atoms with Gasteiger partial charge in [0.15, 0.2) is 0 Å². The summed E-state index contributed by atoms with van der Waals surface area (Å²) in [4.78, 5) is 24.8. The first-order valence-electron chi connectivity index (χ1n) is 5.99. The lowest BCUT2D eigenvalue weighted by Crippen LogP contribution is -2.37. The number of carboxylic acids is 1. The van der Waals surface area contributed by atoms with Gasteiger partial charge in [-0.05, 0) is 31.9 Å². The normalized spacial score (nSPS) is 18.7. The monoisotopic (exact) mass is 248 g/mol. The number of carbonyl (C=O) groups excluding carboxylic acids is 1. The molecule has 1 fully saturated rings. The Bertz CT molecular complexity index is 473. The zero-order valence-corrected chi connectivity index (χ0v) is 10.2. The highest BCUT2D eigenvalue weighted by Gasteiger charge is 2.25. The lowest BCUT2D eigenvalue weighted by atomic mass is 10.2. The van der Waals surface area contributed by atoms with Crippen LogP contribution >= 0.6 is 0 Å². The topological polar surface area (TPSA) is 69.6 Å². The fraction of sp³-hybridized carbons (Fsp3) is 0.385. The Labute approximate surface area is 105 Å². The number of nitrogens with zero attached hydrogens (tertiary/aromatic N) is 1. The molecule has 0 aromatic heterocycles. The molecule has 96 valence electrons. The summed E-state index contributed by atoms with van der Waals surface area (Å²) in [5.41, 5.74) is 0.451. The lowest BCUT2D eigenvalue weighted by molar-refractivity contribution is 0.0698. The van der Waals surface area contributed by atoms with E-state index in [2.05, 4.69) is 5.32 Å². The summed E-state index contributed by atoms with van der Waals surface area (Å²) in [7, 11) is 0. The van der Waals surface area contributed by atoms with Gasteiger partial charge in [0.1, 0.15) is 0 Å². The van der Waals surface area contributed by atoms with Crippen LogP contribution in [0.4, 0.5) is 10.5 Å². The number of amides is 2. The molecule has 2 N–H and O–H groups in total. The van der Waals surface area contributed by atoms with Crippen molar-refractivity contribution in [3.63, 3.8) is 0 Å². The van der Waals surface area contributed by atoms with Crippen molar-refractivity contribution in [1.29, 1.82) is 0 Å². The molecule has 1 saturated heterocycles. The van der Waals surface area contributed by atoms with Gasteiger partial charge in [-0.1, -0.05) is 12.1 Å². The van der Waals surface area contributed by atoms with Crippen molar-refractivity contribution < 1.29 is 14.7 Å². The number of urea groups is 1. The average Bonchev–Trinajstić information content (AvgIpc) is 2.76. The van der Waals surface area contributed by atoms with Crippen LogP contribution in [0.15, 0.2) is 24.3 Å². The van der Waals surface area contributed by atoms with E-state index in [4.69, 9.17) is 5.11 Å². The fourth-order valence-electron chi connectivity index (χ4n) is 2.20. The van der Waals surface area contributed by atoms with Crippen LogP contribution in [0.1, 0.15) is 30.1 Å². The first kappa shape index (κ1) is 12.4. The molecule has 0 aliphatic carbocycles. The van der Waals surface area contributed by atoms with E-state index in [1.807, 2.05) is 6.92 Å². The molecule has 1 atom stereocenters. The number of likely N-dealkylation sites (tertiary alicyclic amines) is 1. The maximum absolute atomic E-state index is 12.0. The van der Waals surface area contributed by atoms with Gasteiger partial charge in [0.2, 0.25) is 0 Å². The van der Waals surface area contributed by atoms with Crippen LogP contribution in [0.2, 0.25) is 0 Å². The number of nitrogens with one attached hydrogen (secondary N) is 1. The SMILES string of the molecule is CC1CCCN1C(=O)Nc1ccccc1C(=O)O. The minimum absolute atomic E-state index is 0.109. The van der Waals surface area contributed by atoms with Crippen LogP contribution in [0.3, 0.4) is 0 Å². The van der Waals surface area contributed by atoms with Crippen molar-refractivity contribution in [3.05, 3.63) is 29.8 Å². The van der Waals surface area contributed by atoms with Gasteiger partial charge < -0.3 is 15.3 Å². The molecule has 5 heteroatoms. The van der Waals surface area contributed by atoms with E-state index < -0.39 is 5.97 Å². The van der Waals surface area contributed by atoms with Crippen molar-refractivity contribution in [2.24, 2.45) is 0 Å². The van der Waals surface area contributed by atoms with E-state index in [1.54, 1.807) is 23.1 Å². The number of aromatic carboxylic acids is 1. The molecular formula is C13H16N2O3. The van der Waals surface area contributed by atoms with Crippen LogP contribution < -0.4 is 5.32 Å². The third kappa shape index (κ3) is 2.45. The van der Waals surface area contributed by atoms with Gasteiger partial charge >= 0.3 is 12.0 Å². The fourth-order valence-corrected chi connectivity index (χ4v) is 2.20. The predicted octanol–water partition coefficient (Wildman–Crippen LogP) is 2.40. The van der Waals surface area contributed by atoms with Gasteiger partial charge in [-0.25, -0.2) is 9.59 Å². The first-order chi connectivity index (χ1) is 8.59. The van der Waals surface area contributed by atoms with Crippen molar-refractivity contribution >= 4 is 17.7 Å². The summed E-state index contributed by atoms with van der Waals surface area (Å²) in [5, 5.41) is 11.7. The summed E-state index contributed by atoms with van der Waals surface area (Å²) in [6, 6.07) is 6.40. The third-order valence-corrected chi connectivity index (χ3v) is 3.21. The molecule has 0 saturated carbocycles. The quantitative estimate of drug-likeness (QED) is 0.844. The summed E-state index contributed by atoms with van der Waals surface area (Å²) in [5.74, 6) is -1.04. The Morgan fingerprint density at radius 1 is 1.39 bits per heavy atom. The number of benzene rings is 1. The zero-order valence-electron chi connectivity index (χ0n) is 10.2. The highest BCUT2D eigenvalue weighted by atomic mass is 16.4. The first-order valence-corrected chi connectivity index (χ1v) is 5.99. The summed E-state index contributed by atoms with van der Waals surface area (Å²) in [6.45, 7) is 2.72. The smallest absolute Gasteiger partial charge is 0.337 e. The maximum Gasteiger partial charge on any atom is 0.337 e. The molecule has 1 heterocycles. The Hall–Kier alpha value is -2.04. The highest BCUT2D eigenvalue weighted by Crippen LogP contribution is 2.20. The van der Waals surface area contributed by atoms with E-state index in [-0.39, 0.29) is 17.6 Å². The minimum Gasteiger partial charge on any atom is -0.478 e. The number of hydrogen-bond donors (Lipinski definition) is 2. The number of carboxylic acid groups (broad SMARTS) is 1. The van der Waals surface area contributed by atoms with E-state index in [1.165, 1.54) is 6.07 Å². The van der Waals surface area contributed by atoms with E-state index in [9.17, 15) is 9.59 Å². The van der Waals surface area contributed by atoms with Gasteiger partial charge in [-0.3, -0.25) is 0 Å². The van der Waals surface area contributed by atoms with Gasteiger partial charge in [0.25, 0.3) is 0 Å². The summed E-state index contributed by atoms with van der Waals surface area (Å²) < 4.78 is 0. The third-order valence-electron chi connectivity index (χ3n) is 3.21. The molecule has 5 nitrogen and oxygen atoms in total. The minimum atomic E-state index is -1.04. The second-order valence-corrected chi connectivity index (χ2v) is 4.47. The van der Waals surface area contributed by atoms with Crippen molar-refractivity contribution in [1.82, 2.24) is 4.90 Å². The molecule has 1 aliphatic rings. The van der Waals surface area contributed by atoms with E-state index in [0.29, 0.717) is 5.69 Å². The number of carbonyl (C=O) groups is 2. The molecule has 1 aromatic carbocycles. The lowest BCUT2D eigenvalue weighted by Gasteiger charge is -2.22. The molecule has 1 aromatic rings. The zero-order chi connectivity index (χ0) is 13.1. The van der Waals surface area contributed by atoms with Crippen molar-refractivity contribution in [2.45, 2.75) is 25.8 Å². The average molecular weight is 248 g/mol. The van der Waals surface area contributed by atoms with Crippen LogP contribution in [0, 0.1) is 0 Å². The molecule has 1 unspecified atom stereocenters.